The molecule has 3 heteroatoms. The van der Waals surface area contributed by atoms with Crippen LogP contribution in [-0.2, 0) is 9.63 Å². The van der Waals surface area contributed by atoms with Gasteiger partial charge in [0.1, 0.15) is 0 Å². The lowest BCUT2D eigenvalue weighted by atomic mass is 10.4. The second-order valence-electron chi connectivity index (χ2n) is 2.83. The van der Waals surface area contributed by atoms with Crippen molar-refractivity contribution in [2.24, 2.45) is 0 Å². The third-order valence-electron chi connectivity index (χ3n) is 0.822. The van der Waals surface area contributed by atoms with Gasteiger partial charge in [0.25, 0.3) is 0 Å². The molecule has 0 fully saturated rings. The number of hydrogen-bond acceptors (Lipinski definition) is 2. The summed E-state index contributed by atoms with van der Waals surface area (Å²) in [5, 5.41) is 0. The molecule has 0 unspecified atom stereocenters. The first-order chi connectivity index (χ1) is 4.45. The molecule has 0 saturated heterocycles. The minimum atomic E-state index is -0.0898. The van der Waals surface area contributed by atoms with Crippen LogP contribution < -0.4 is 0 Å². The second kappa shape index (κ2) is 3.49. The van der Waals surface area contributed by atoms with Crippen LogP contribution in [0.4, 0.5) is 0 Å². The largest absolute Gasteiger partial charge is 0.292 e. The third-order valence-corrected chi connectivity index (χ3v) is 0.822. The molecule has 0 aliphatic rings. The zero-order valence-electron chi connectivity index (χ0n) is 6.76. The summed E-state index contributed by atoms with van der Waals surface area (Å²) in [4.78, 5) is 15.7. The van der Waals surface area contributed by atoms with Gasteiger partial charge in [-0.3, -0.25) is 4.79 Å². The molecule has 0 aliphatic carbocycles. The molecule has 0 N–H and O–H groups in total. The van der Waals surface area contributed by atoms with Crippen molar-refractivity contribution >= 4 is 5.78 Å². The van der Waals surface area contributed by atoms with Crippen LogP contribution in [0.15, 0.2) is 12.7 Å². The van der Waals surface area contributed by atoms with Crippen molar-refractivity contribution < 1.29 is 14.3 Å². The van der Waals surface area contributed by atoms with E-state index in [1.165, 1.54) is 6.08 Å². The first kappa shape index (κ1) is 9.33. The topological polar surface area (TPSA) is 26.3 Å². The molecule has 0 spiro atoms. The van der Waals surface area contributed by atoms with Crippen LogP contribution in [0.3, 0.4) is 0 Å². The van der Waals surface area contributed by atoms with Gasteiger partial charge in [-0.05, 0) is 6.08 Å². The summed E-state index contributed by atoms with van der Waals surface area (Å²) < 4.78 is 0.333. The molecule has 0 aromatic heterocycles. The van der Waals surface area contributed by atoms with E-state index < -0.39 is 0 Å². The Labute approximate surface area is 61.4 Å². The Kier molecular flexibility index (Phi) is 3.25. The van der Waals surface area contributed by atoms with Crippen molar-refractivity contribution in [3.05, 3.63) is 12.7 Å². The van der Waals surface area contributed by atoms with Gasteiger partial charge in [0.2, 0.25) is 0 Å². The standard InChI is InChI=1S/C7H14NO2/c1-5-7(9)6-10-8(2,3)4/h5H,1,6H2,2-4H3/q+1. The highest BCUT2D eigenvalue weighted by Crippen LogP contribution is 1.91. The lowest BCUT2D eigenvalue weighted by molar-refractivity contribution is -1.06. The Morgan fingerprint density at radius 3 is 2.40 bits per heavy atom. The van der Waals surface area contributed by atoms with Crippen LogP contribution in [0.25, 0.3) is 0 Å². The summed E-state index contributed by atoms with van der Waals surface area (Å²) in [5.74, 6) is -0.0898. The second-order valence-corrected chi connectivity index (χ2v) is 2.83. The van der Waals surface area contributed by atoms with E-state index in [2.05, 4.69) is 6.58 Å². The summed E-state index contributed by atoms with van der Waals surface area (Å²) in [7, 11) is 5.53. The summed E-state index contributed by atoms with van der Waals surface area (Å²) in [6, 6.07) is 0. The van der Waals surface area contributed by atoms with Gasteiger partial charge in [-0.1, -0.05) is 6.58 Å². The van der Waals surface area contributed by atoms with E-state index in [1.54, 1.807) is 0 Å². The van der Waals surface area contributed by atoms with Crippen LogP contribution >= 0.6 is 0 Å². The van der Waals surface area contributed by atoms with Crippen molar-refractivity contribution in [2.75, 3.05) is 27.7 Å². The average molecular weight is 144 g/mol. The number of quaternary nitrogens is 1. The highest BCUT2D eigenvalue weighted by Gasteiger charge is 2.09. The lowest BCUT2D eigenvalue weighted by Gasteiger charge is -2.19. The van der Waals surface area contributed by atoms with Gasteiger partial charge in [-0.2, -0.15) is 9.48 Å². The van der Waals surface area contributed by atoms with E-state index in [-0.39, 0.29) is 12.4 Å². The normalized spacial score (nSPS) is 11.1. The van der Waals surface area contributed by atoms with Gasteiger partial charge in [-0.25, -0.2) is 0 Å². The number of rotatable bonds is 4. The highest BCUT2D eigenvalue weighted by molar-refractivity contribution is 5.90. The van der Waals surface area contributed by atoms with E-state index >= 15 is 0 Å². The van der Waals surface area contributed by atoms with Crippen molar-refractivity contribution in [1.29, 1.82) is 0 Å². The van der Waals surface area contributed by atoms with Crippen molar-refractivity contribution in [1.82, 2.24) is 0 Å². The molecule has 0 radical (unpaired) electrons. The Hall–Kier alpha value is -0.670. The Bertz CT molecular complexity index is 135. The maximum Gasteiger partial charge on any atom is 0.187 e. The molecule has 58 valence electrons. The molecule has 0 aliphatic heterocycles. The van der Waals surface area contributed by atoms with E-state index in [1.807, 2.05) is 21.1 Å². The quantitative estimate of drug-likeness (QED) is 0.324. The minimum Gasteiger partial charge on any atom is -0.292 e. The molecular formula is C7H14NO2+. The van der Waals surface area contributed by atoms with E-state index in [4.69, 9.17) is 4.84 Å². The van der Waals surface area contributed by atoms with Gasteiger partial charge in [0.15, 0.2) is 12.4 Å². The maximum absolute atomic E-state index is 10.6. The van der Waals surface area contributed by atoms with Crippen LogP contribution in [0, 0.1) is 0 Å². The fraction of sp³-hybridized carbons (Fsp3) is 0.571. The molecule has 0 aromatic carbocycles. The summed E-state index contributed by atoms with van der Waals surface area (Å²) in [6.45, 7) is 3.43. The van der Waals surface area contributed by atoms with Crippen LogP contribution in [0.1, 0.15) is 0 Å². The zero-order chi connectivity index (χ0) is 8.20. The fourth-order valence-corrected chi connectivity index (χ4v) is 0.316. The summed E-state index contributed by atoms with van der Waals surface area (Å²) in [5.41, 5.74) is 0. The molecule has 0 atom stereocenters. The first-order valence-electron chi connectivity index (χ1n) is 3.07. The molecule has 0 amide bonds. The van der Waals surface area contributed by atoms with E-state index in [9.17, 15) is 4.79 Å². The number of nitrogens with zero attached hydrogens (tertiary/aromatic N) is 1. The molecule has 0 rings (SSSR count). The van der Waals surface area contributed by atoms with E-state index in [0.717, 1.165) is 0 Å². The van der Waals surface area contributed by atoms with Gasteiger partial charge >= 0.3 is 0 Å². The SMILES string of the molecule is C=CC(=O)CO[N+](C)(C)C. The average Bonchev–Trinajstić information content (AvgIpc) is 1.81. The Balaban J connectivity index is 3.55. The molecule has 10 heavy (non-hydrogen) atoms. The molecule has 0 bridgehead atoms. The highest BCUT2D eigenvalue weighted by atomic mass is 16.7. The Morgan fingerprint density at radius 2 is 2.10 bits per heavy atom. The number of ketones is 1. The van der Waals surface area contributed by atoms with Gasteiger partial charge in [0.05, 0.1) is 21.1 Å². The molecule has 0 aromatic rings. The van der Waals surface area contributed by atoms with Crippen molar-refractivity contribution in [2.45, 2.75) is 0 Å². The van der Waals surface area contributed by atoms with Crippen LogP contribution in [0.2, 0.25) is 0 Å². The monoisotopic (exact) mass is 144 g/mol. The summed E-state index contributed by atoms with van der Waals surface area (Å²) in [6.07, 6.45) is 1.26. The fourth-order valence-electron chi connectivity index (χ4n) is 0.316. The van der Waals surface area contributed by atoms with Crippen LogP contribution in [0.5, 0.6) is 0 Å². The van der Waals surface area contributed by atoms with E-state index in [0.29, 0.717) is 4.65 Å². The van der Waals surface area contributed by atoms with Crippen LogP contribution in [-0.4, -0.2) is 38.2 Å². The van der Waals surface area contributed by atoms with Gasteiger partial charge < -0.3 is 0 Å². The van der Waals surface area contributed by atoms with Gasteiger partial charge in [-0.15, -0.1) is 0 Å². The predicted octanol–water partition coefficient (Wildman–Crippen LogP) is 0.379. The predicted molar refractivity (Wildman–Crippen MR) is 39.2 cm³/mol. The maximum atomic E-state index is 10.6. The van der Waals surface area contributed by atoms with Crippen molar-refractivity contribution in [3.63, 3.8) is 0 Å². The number of carbonyl (C=O) groups excluding carboxylic acids is 1. The molecule has 0 heterocycles. The summed E-state index contributed by atoms with van der Waals surface area (Å²) >= 11 is 0. The molecule has 3 nitrogen and oxygen atoms in total. The smallest absolute Gasteiger partial charge is 0.187 e. The Morgan fingerprint density at radius 1 is 1.60 bits per heavy atom. The zero-order valence-corrected chi connectivity index (χ0v) is 6.76. The molecular weight excluding hydrogens is 130 g/mol. The number of hydroxylamine groups is 3. The first-order valence-corrected chi connectivity index (χ1v) is 3.07. The van der Waals surface area contributed by atoms with Gasteiger partial charge in [0, 0.05) is 0 Å². The molecule has 0 saturated carbocycles. The minimum absolute atomic E-state index is 0.0898. The number of hydrogen-bond donors (Lipinski definition) is 0. The third kappa shape index (κ3) is 5.47. The van der Waals surface area contributed by atoms with Crippen molar-refractivity contribution in [3.8, 4) is 0 Å². The number of carbonyl (C=O) groups is 1. The lowest BCUT2D eigenvalue weighted by Crippen LogP contribution is -2.36.